The van der Waals surface area contributed by atoms with Crippen molar-refractivity contribution in [2.75, 3.05) is 6.54 Å². The van der Waals surface area contributed by atoms with Crippen LogP contribution in [0.25, 0.3) is 0 Å². The molecule has 0 fully saturated rings. The lowest BCUT2D eigenvalue weighted by atomic mass is 10.1. The van der Waals surface area contributed by atoms with Gasteiger partial charge in [-0.1, -0.05) is 48.0 Å². The molecule has 1 atom stereocenters. The molecule has 108 valence electrons. The minimum Gasteiger partial charge on any atom is -0.506 e. The van der Waals surface area contributed by atoms with Crippen molar-refractivity contribution in [2.24, 2.45) is 10.7 Å². The maximum absolute atomic E-state index is 9.54. The standard InChI is InChI=1S/C16H16ClN3O/c17-13-8-12(6-7-15(13)21)14-9-19-16(18)20(14)10-11-4-2-1-3-5-11/h1-8,14,21H,9-10H2,(H2,18,19). The molecule has 2 aromatic carbocycles. The number of guanidine groups is 1. The third-order valence-electron chi connectivity index (χ3n) is 3.65. The van der Waals surface area contributed by atoms with E-state index >= 15 is 0 Å². The number of phenolic OH excluding ortho intramolecular Hbond substituents is 1. The quantitative estimate of drug-likeness (QED) is 0.916. The second-order valence-electron chi connectivity index (χ2n) is 5.04. The van der Waals surface area contributed by atoms with E-state index in [0.717, 1.165) is 5.56 Å². The molecule has 5 heteroatoms. The smallest absolute Gasteiger partial charge is 0.192 e. The number of benzene rings is 2. The molecule has 0 bridgehead atoms. The Morgan fingerprint density at radius 1 is 1.24 bits per heavy atom. The van der Waals surface area contributed by atoms with Gasteiger partial charge in [-0.25, -0.2) is 0 Å². The highest BCUT2D eigenvalue weighted by Gasteiger charge is 2.27. The number of nitrogens with zero attached hydrogens (tertiary/aromatic N) is 2. The van der Waals surface area contributed by atoms with E-state index < -0.39 is 0 Å². The van der Waals surface area contributed by atoms with Crippen LogP contribution in [0, 0.1) is 0 Å². The number of hydrogen-bond donors (Lipinski definition) is 2. The number of aromatic hydroxyl groups is 1. The van der Waals surface area contributed by atoms with Crippen molar-refractivity contribution < 1.29 is 5.11 Å². The fourth-order valence-electron chi connectivity index (χ4n) is 2.52. The molecule has 2 aromatic rings. The molecular formula is C16H16ClN3O. The van der Waals surface area contributed by atoms with Crippen molar-refractivity contribution in [2.45, 2.75) is 12.6 Å². The van der Waals surface area contributed by atoms with Crippen LogP contribution in [0.5, 0.6) is 5.75 Å². The van der Waals surface area contributed by atoms with Crippen molar-refractivity contribution in [3.05, 3.63) is 64.7 Å². The lowest BCUT2D eigenvalue weighted by Gasteiger charge is -2.27. The van der Waals surface area contributed by atoms with Crippen molar-refractivity contribution in [1.82, 2.24) is 4.90 Å². The van der Waals surface area contributed by atoms with Gasteiger partial charge in [0.15, 0.2) is 5.96 Å². The third-order valence-corrected chi connectivity index (χ3v) is 3.95. The highest BCUT2D eigenvalue weighted by atomic mass is 35.5. The summed E-state index contributed by atoms with van der Waals surface area (Å²) in [4.78, 5) is 6.39. The second-order valence-corrected chi connectivity index (χ2v) is 5.45. The predicted molar refractivity (Wildman–Crippen MR) is 84.3 cm³/mol. The first-order chi connectivity index (χ1) is 10.1. The molecule has 3 rings (SSSR count). The van der Waals surface area contributed by atoms with Crippen molar-refractivity contribution in [3.8, 4) is 5.75 Å². The van der Waals surface area contributed by atoms with Crippen molar-refractivity contribution in [3.63, 3.8) is 0 Å². The first-order valence-electron chi connectivity index (χ1n) is 6.74. The summed E-state index contributed by atoms with van der Waals surface area (Å²) >= 11 is 6.00. The predicted octanol–water partition coefficient (Wildman–Crippen LogP) is 2.92. The third kappa shape index (κ3) is 2.81. The van der Waals surface area contributed by atoms with Gasteiger partial charge in [-0.3, -0.25) is 4.99 Å². The molecule has 0 spiro atoms. The van der Waals surface area contributed by atoms with Gasteiger partial charge in [-0.05, 0) is 23.3 Å². The summed E-state index contributed by atoms with van der Waals surface area (Å²) in [6, 6.07) is 15.4. The van der Waals surface area contributed by atoms with Crippen LogP contribution in [0.1, 0.15) is 17.2 Å². The number of nitrogens with two attached hydrogens (primary N) is 1. The molecule has 0 aromatic heterocycles. The molecule has 0 saturated carbocycles. The Balaban J connectivity index is 1.86. The zero-order valence-corrected chi connectivity index (χ0v) is 12.2. The molecule has 1 unspecified atom stereocenters. The van der Waals surface area contributed by atoms with E-state index in [0.29, 0.717) is 24.1 Å². The fraction of sp³-hybridized carbons (Fsp3) is 0.188. The van der Waals surface area contributed by atoms with Crippen LogP contribution in [-0.2, 0) is 6.54 Å². The Hall–Kier alpha value is -2.20. The normalized spacial score (nSPS) is 17.9. The van der Waals surface area contributed by atoms with E-state index in [2.05, 4.69) is 22.0 Å². The topological polar surface area (TPSA) is 61.9 Å². The minimum atomic E-state index is 0.0447. The van der Waals surface area contributed by atoms with Gasteiger partial charge in [0.25, 0.3) is 0 Å². The van der Waals surface area contributed by atoms with Gasteiger partial charge in [-0.15, -0.1) is 0 Å². The summed E-state index contributed by atoms with van der Waals surface area (Å²) in [5, 5.41) is 9.89. The fourth-order valence-corrected chi connectivity index (χ4v) is 2.71. The van der Waals surface area contributed by atoms with E-state index in [9.17, 15) is 5.11 Å². The van der Waals surface area contributed by atoms with Crippen LogP contribution in [0.2, 0.25) is 5.02 Å². The summed E-state index contributed by atoms with van der Waals surface area (Å²) in [6.07, 6.45) is 0. The van der Waals surface area contributed by atoms with Gasteiger partial charge in [0.05, 0.1) is 17.6 Å². The van der Waals surface area contributed by atoms with E-state index in [-0.39, 0.29) is 11.8 Å². The summed E-state index contributed by atoms with van der Waals surface area (Å²) in [7, 11) is 0. The highest BCUT2D eigenvalue weighted by molar-refractivity contribution is 6.32. The molecule has 1 aliphatic rings. The lowest BCUT2D eigenvalue weighted by molar-refractivity contribution is 0.340. The molecule has 0 aliphatic carbocycles. The van der Waals surface area contributed by atoms with Crippen LogP contribution in [0.15, 0.2) is 53.5 Å². The summed E-state index contributed by atoms with van der Waals surface area (Å²) in [5.74, 6) is 0.620. The molecule has 21 heavy (non-hydrogen) atoms. The minimum absolute atomic E-state index is 0.0447. The van der Waals surface area contributed by atoms with Crippen LogP contribution in [0.3, 0.4) is 0 Å². The molecule has 0 saturated heterocycles. The van der Waals surface area contributed by atoms with Gasteiger partial charge in [0, 0.05) is 6.54 Å². The van der Waals surface area contributed by atoms with Gasteiger partial charge in [-0.2, -0.15) is 0 Å². The maximum atomic E-state index is 9.54. The zero-order chi connectivity index (χ0) is 14.8. The Kier molecular flexibility index (Phi) is 3.71. The number of aliphatic imine (C=N–C) groups is 1. The average Bonchev–Trinajstić information content (AvgIpc) is 2.85. The first kappa shape index (κ1) is 13.8. The largest absolute Gasteiger partial charge is 0.506 e. The monoisotopic (exact) mass is 301 g/mol. The lowest BCUT2D eigenvalue weighted by Crippen LogP contribution is -2.35. The van der Waals surface area contributed by atoms with Crippen LogP contribution < -0.4 is 5.73 Å². The Labute approximate surface area is 128 Å². The maximum Gasteiger partial charge on any atom is 0.192 e. The van der Waals surface area contributed by atoms with Crippen molar-refractivity contribution in [1.29, 1.82) is 0 Å². The Morgan fingerprint density at radius 2 is 2.00 bits per heavy atom. The van der Waals surface area contributed by atoms with Gasteiger partial charge in [0.1, 0.15) is 5.75 Å². The number of hydrogen-bond acceptors (Lipinski definition) is 4. The van der Waals surface area contributed by atoms with E-state index in [1.165, 1.54) is 5.56 Å². The molecule has 4 nitrogen and oxygen atoms in total. The molecule has 1 aliphatic heterocycles. The van der Waals surface area contributed by atoms with Gasteiger partial charge in [0.2, 0.25) is 0 Å². The van der Waals surface area contributed by atoms with E-state index in [1.54, 1.807) is 12.1 Å². The van der Waals surface area contributed by atoms with Crippen LogP contribution in [0.4, 0.5) is 0 Å². The van der Waals surface area contributed by atoms with E-state index in [4.69, 9.17) is 17.3 Å². The summed E-state index contributed by atoms with van der Waals surface area (Å²) in [6.45, 7) is 1.29. The van der Waals surface area contributed by atoms with E-state index in [1.807, 2.05) is 24.3 Å². The Morgan fingerprint density at radius 3 is 2.71 bits per heavy atom. The summed E-state index contributed by atoms with van der Waals surface area (Å²) in [5.41, 5.74) is 8.19. The number of halogens is 1. The Bertz CT molecular complexity index is 672. The molecule has 0 radical (unpaired) electrons. The molecule has 3 N–H and O–H groups in total. The molecule has 0 amide bonds. The van der Waals surface area contributed by atoms with Crippen LogP contribution >= 0.6 is 11.6 Å². The SMILES string of the molecule is NC1=NCC(c2ccc(O)c(Cl)c2)N1Cc1ccccc1. The molecule has 1 heterocycles. The van der Waals surface area contributed by atoms with Crippen LogP contribution in [-0.4, -0.2) is 22.5 Å². The van der Waals surface area contributed by atoms with Gasteiger partial charge >= 0.3 is 0 Å². The number of rotatable bonds is 3. The van der Waals surface area contributed by atoms with Gasteiger partial charge < -0.3 is 15.7 Å². The number of phenols is 1. The first-order valence-corrected chi connectivity index (χ1v) is 7.12. The molecular weight excluding hydrogens is 286 g/mol. The average molecular weight is 302 g/mol. The highest BCUT2D eigenvalue weighted by Crippen LogP contribution is 2.32. The zero-order valence-electron chi connectivity index (χ0n) is 11.4. The second kappa shape index (κ2) is 5.66. The van der Waals surface area contributed by atoms with Crippen molar-refractivity contribution >= 4 is 17.6 Å². The summed E-state index contributed by atoms with van der Waals surface area (Å²) < 4.78 is 0.